The van der Waals surface area contributed by atoms with Crippen molar-refractivity contribution in [3.05, 3.63) is 0 Å². The largest absolute Gasteiger partial charge is 1.00 e. The molecule has 0 heterocycles. The van der Waals surface area contributed by atoms with Gasteiger partial charge in [0.2, 0.25) is 0 Å². The summed E-state index contributed by atoms with van der Waals surface area (Å²) in [6, 6.07) is 0.954. The van der Waals surface area contributed by atoms with Gasteiger partial charge in [0.15, 0.2) is 0 Å². The first kappa shape index (κ1) is 27.9. The van der Waals surface area contributed by atoms with E-state index in [4.69, 9.17) is 0 Å². The van der Waals surface area contributed by atoms with E-state index in [-0.39, 0.29) is 4.70 Å². The van der Waals surface area contributed by atoms with Crippen molar-refractivity contribution in [2.45, 2.75) is 148 Å². The average molecular weight is 400 g/mol. The van der Waals surface area contributed by atoms with Crippen LogP contribution in [0.25, 0.3) is 0 Å². The minimum absolute atomic E-state index is 0. The predicted molar refractivity (Wildman–Crippen MR) is 123 cm³/mol. The van der Waals surface area contributed by atoms with E-state index in [9.17, 15) is 0 Å². The lowest BCUT2D eigenvalue weighted by atomic mass is 9.93. The molecule has 1 saturated carbocycles. The van der Waals surface area contributed by atoms with Crippen LogP contribution in [0.4, 0.5) is 0 Å². The minimum Gasteiger partial charge on any atom is -1.00 e. The summed E-state index contributed by atoms with van der Waals surface area (Å²) < 4.78 is 1.29. The molecule has 1 aliphatic carbocycles. The molecule has 2 heteroatoms. The van der Waals surface area contributed by atoms with Crippen LogP contribution in [0, 0.1) is 0 Å². The van der Waals surface area contributed by atoms with Crippen LogP contribution in [0.5, 0.6) is 0 Å². The van der Waals surface area contributed by atoms with Crippen molar-refractivity contribution in [3.63, 3.8) is 0 Å². The third-order valence-corrected chi connectivity index (χ3v) is 7.15. The molecule has 0 amide bonds. The number of rotatable bonds is 18. The zero-order valence-corrected chi connectivity index (χ0v) is 20.0. The van der Waals surface area contributed by atoms with E-state index in [2.05, 4.69) is 21.0 Å². The van der Waals surface area contributed by atoms with E-state index in [0.717, 1.165) is 6.04 Å². The maximum absolute atomic E-state index is 2.49. The molecule has 0 N–H and O–H groups in total. The molecule has 1 nitrogen and oxygen atoms in total. The van der Waals surface area contributed by atoms with E-state index in [1.54, 1.807) is 0 Å². The summed E-state index contributed by atoms with van der Waals surface area (Å²) in [5.74, 6) is 0. The first-order valence-corrected chi connectivity index (χ1v) is 13.0. The van der Waals surface area contributed by atoms with Crippen LogP contribution in [0.15, 0.2) is 0 Å². The number of hydrogen-bond donors (Lipinski definition) is 0. The molecule has 170 valence electrons. The van der Waals surface area contributed by atoms with Gasteiger partial charge in [-0.3, -0.25) is 0 Å². The van der Waals surface area contributed by atoms with Crippen molar-refractivity contribution in [1.82, 2.24) is 0 Å². The first-order valence-electron chi connectivity index (χ1n) is 13.0. The Morgan fingerprint density at radius 1 is 0.536 bits per heavy atom. The molecule has 1 fully saturated rings. The van der Waals surface area contributed by atoms with E-state index in [0.29, 0.717) is 0 Å². The SMILES string of the molecule is CCCCCCCCCCCCCCCCCC[N+](C)(C)C1CCCCC1.[F-]. The number of quaternary nitrogens is 1. The van der Waals surface area contributed by atoms with Gasteiger partial charge in [-0.15, -0.1) is 0 Å². The highest BCUT2D eigenvalue weighted by atomic mass is 19.0. The summed E-state index contributed by atoms with van der Waals surface area (Å²) in [6.45, 7) is 3.71. The Morgan fingerprint density at radius 3 is 1.29 bits per heavy atom. The van der Waals surface area contributed by atoms with Crippen LogP contribution in [-0.2, 0) is 0 Å². The second-order valence-corrected chi connectivity index (χ2v) is 10.1. The van der Waals surface area contributed by atoms with Gasteiger partial charge in [0.1, 0.15) is 0 Å². The number of nitrogens with zero attached hydrogens (tertiary/aromatic N) is 1. The van der Waals surface area contributed by atoms with Crippen molar-refractivity contribution in [2.24, 2.45) is 0 Å². The van der Waals surface area contributed by atoms with Gasteiger partial charge in [0.05, 0.1) is 26.7 Å². The number of unbranched alkanes of at least 4 members (excludes halogenated alkanes) is 15. The summed E-state index contributed by atoms with van der Waals surface area (Å²) in [5, 5.41) is 0. The number of hydrogen-bond acceptors (Lipinski definition) is 0. The molecule has 1 aliphatic rings. The summed E-state index contributed by atoms with van der Waals surface area (Å²) in [4.78, 5) is 0. The van der Waals surface area contributed by atoms with Gasteiger partial charge in [0.25, 0.3) is 0 Å². The van der Waals surface area contributed by atoms with Crippen LogP contribution in [0.3, 0.4) is 0 Å². The molecule has 0 aromatic carbocycles. The fraction of sp³-hybridized carbons (Fsp3) is 1.00. The van der Waals surface area contributed by atoms with E-state index < -0.39 is 0 Å². The van der Waals surface area contributed by atoms with Crippen LogP contribution in [0.1, 0.15) is 142 Å². The average Bonchev–Trinajstić information content (AvgIpc) is 2.68. The molecule has 0 atom stereocenters. The van der Waals surface area contributed by atoms with E-state index >= 15 is 0 Å². The van der Waals surface area contributed by atoms with Crippen LogP contribution in [0.2, 0.25) is 0 Å². The number of halogens is 1. The maximum atomic E-state index is 2.49. The topological polar surface area (TPSA) is 0 Å². The Kier molecular flexibility index (Phi) is 18.8. The molecule has 1 rings (SSSR count). The summed E-state index contributed by atoms with van der Waals surface area (Å²) in [7, 11) is 4.97. The van der Waals surface area contributed by atoms with Gasteiger partial charge < -0.3 is 9.19 Å². The molecule has 0 radical (unpaired) electrons. The van der Waals surface area contributed by atoms with Crippen molar-refractivity contribution in [3.8, 4) is 0 Å². The lowest BCUT2D eigenvalue weighted by molar-refractivity contribution is -0.916. The van der Waals surface area contributed by atoms with Gasteiger partial charge in [0, 0.05) is 0 Å². The molecule has 0 spiro atoms. The van der Waals surface area contributed by atoms with E-state index in [1.165, 1.54) is 146 Å². The highest BCUT2D eigenvalue weighted by Crippen LogP contribution is 2.26. The Balaban J connectivity index is 0.00000729. The van der Waals surface area contributed by atoms with Gasteiger partial charge >= 0.3 is 0 Å². The fourth-order valence-corrected chi connectivity index (χ4v) is 5.03. The Morgan fingerprint density at radius 2 is 0.893 bits per heavy atom. The lowest BCUT2D eigenvalue weighted by Crippen LogP contribution is -3.00. The van der Waals surface area contributed by atoms with Gasteiger partial charge in [-0.2, -0.15) is 0 Å². The highest BCUT2D eigenvalue weighted by Gasteiger charge is 2.28. The molecule has 0 bridgehead atoms. The quantitative estimate of drug-likeness (QED) is 0.206. The molecule has 0 unspecified atom stereocenters. The molecule has 0 saturated heterocycles. The molecule has 0 aromatic rings. The molecular weight excluding hydrogens is 345 g/mol. The molecule has 28 heavy (non-hydrogen) atoms. The standard InChI is InChI=1S/C26H54N.FH/c1-4-5-6-7-8-9-10-11-12-13-14-15-16-17-18-22-25-27(2,3)26-23-20-19-21-24-26;/h26H,4-25H2,1-3H3;1H/q+1;/p-1. The predicted octanol–water partition coefficient (Wildman–Crippen LogP) is 5.66. The second-order valence-electron chi connectivity index (χ2n) is 10.1. The molecule has 0 aliphatic heterocycles. The second kappa shape index (κ2) is 18.9. The van der Waals surface area contributed by atoms with Crippen LogP contribution >= 0.6 is 0 Å². The third kappa shape index (κ3) is 14.8. The van der Waals surface area contributed by atoms with Gasteiger partial charge in [-0.05, 0) is 38.5 Å². The zero-order chi connectivity index (χ0) is 19.6. The van der Waals surface area contributed by atoms with E-state index in [1.807, 2.05) is 0 Å². The Hall–Kier alpha value is -0.110. The van der Waals surface area contributed by atoms with Crippen molar-refractivity contribution in [2.75, 3.05) is 20.6 Å². The summed E-state index contributed by atoms with van der Waals surface area (Å²) in [5.41, 5.74) is 0. The van der Waals surface area contributed by atoms with Crippen LogP contribution < -0.4 is 4.70 Å². The molecular formula is C26H54FN. The monoisotopic (exact) mass is 399 g/mol. The zero-order valence-electron chi connectivity index (χ0n) is 20.0. The smallest absolute Gasteiger partial charge is 0.0886 e. The van der Waals surface area contributed by atoms with Crippen molar-refractivity contribution >= 4 is 0 Å². The van der Waals surface area contributed by atoms with Crippen molar-refractivity contribution < 1.29 is 9.19 Å². The third-order valence-electron chi connectivity index (χ3n) is 7.15. The summed E-state index contributed by atoms with van der Waals surface area (Å²) >= 11 is 0. The van der Waals surface area contributed by atoms with Gasteiger partial charge in [-0.25, -0.2) is 0 Å². The first-order chi connectivity index (χ1) is 13.2. The normalized spacial score (nSPS) is 15.5. The Labute approximate surface area is 178 Å². The van der Waals surface area contributed by atoms with Crippen molar-refractivity contribution in [1.29, 1.82) is 0 Å². The highest BCUT2D eigenvalue weighted by molar-refractivity contribution is 4.66. The minimum atomic E-state index is 0. The lowest BCUT2D eigenvalue weighted by Gasteiger charge is -2.40. The summed E-state index contributed by atoms with van der Waals surface area (Å²) in [6.07, 6.45) is 30.9. The van der Waals surface area contributed by atoms with Gasteiger partial charge in [-0.1, -0.05) is 103 Å². The fourth-order valence-electron chi connectivity index (χ4n) is 5.03. The van der Waals surface area contributed by atoms with Crippen LogP contribution in [-0.4, -0.2) is 31.2 Å². The Bertz CT molecular complexity index is 310. The molecule has 0 aromatic heterocycles. The maximum Gasteiger partial charge on any atom is 0.0886 e.